The summed E-state index contributed by atoms with van der Waals surface area (Å²) in [7, 11) is 0. The van der Waals surface area contributed by atoms with Crippen LogP contribution < -0.4 is 0 Å². The minimum atomic E-state index is 0.583. The lowest BCUT2D eigenvalue weighted by Gasteiger charge is -2.22. The normalized spacial score (nSPS) is 21.9. The maximum absolute atomic E-state index is 2.37. The van der Waals surface area contributed by atoms with Gasteiger partial charge in [0.2, 0.25) is 0 Å². The van der Waals surface area contributed by atoms with Crippen molar-refractivity contribution >= 4 is 0 Å². The molecule has 0 N–H and O–H groups in total. The molecule has 2 fully saturated rings. The molecule has 0 bridgehead atoms. The van der Waals surface area contributed by atoms with Crippen molar-refractivity contribution in [3.63, 3.8) is 0 Å². The number of rotatable bonds is 11. The van der Waals surface area contributed by atoms with Gasteiger partial charge in [-0.05, 0) is 53.3 Å². The second-order valence-corrected chi connectivity index (χ2v) is 16.8. The van der Waals surface area contributed by atoms with E-state index in [4.69, 9.17) is 0 Å². The predicted octanol–water partition coefficient (Wildman–Crippen LogP) is 17.0. The Morgan fingerprint density at radius 2 is 0.886 bits per heavy atom. The molecule has 0 aliphatic heterocycles. The topological polar surface area (TPSA) is 0 Å². The molecule has 2 aliphatic rings. The smallest absolute Gasteiger partial charge is 0.0359 e. The van der Waals surface area contributed by atoms with Gasteiger partial charge in [-0.1, -0.05) is 233 Å². The van der Waals surface area contributed by atoms with Gasteiger partial charge in [-0.15, -0.1) is 0 Å². The molecule has 2 aliphatic carbocycles. The summed E-state index contributed by atoms with van der Waals surface area (Å²) in [5.74, 6) is 6.87. The van der Waals surface area contributed by atoms with Crippen LogP contribution in [-0.2, 0) is 0 Å². The van der Waals surface area contributed by atoms with Crippen LogP contribution in [0.2, 0.25) is 0 Å². The molecule has 0 amide bonds. The van der Waals surface area contributed by atoms with Crippen LogP contribution in [0.25, 0.3) is 0 Å². The van der Waals surface area contributed by atoms with Gasteiger partial charge in [0.05, 0.1) is 0 Å². The van der Waals surface area contributed by atoms with Crippen LogP contribution >= 0.6 is 0 Å². The zero-order valence-corrected chi connectivity index (χ0v) is 35.0. The van der Waals surface area contributed by atoms with Gasteiger partial charge >= 0.3 is 0 Å². The molecule has 0 spiro atoms. The van der Waals surface area contributed by atoms with Crippen molar-refractivity contribution in [2.24, 2.45) is 46.8 Å². The molecular formula is C44H96. The van der Waals surface area contributed by atoms with Gasteiger partial charge in [-0.25, -0.2) is 0 Å². The summed E-state index contributed by atoms with van der Waals surface area (Å²) in [6.45, 7) is 38.9. The lowest BCUT2D eigenvalue weighted by Crippen LogP contribution is -2.09. The van der Waals surface area contributed by atoms with Crippen molar-refractivity contribution < 1.29 is 0 Å². The Morgan fingerprint density at radius 1 is 0.500 bits per heavy atom. The number of hydrogen-bond donors (Lipinski definition) is 0. The number of unbranched alkanes of at least 4 members (excludes halogenated alkanes) is 1. The molecular weight excluding hydrogens is 528 g/mol. The first kappa shape index (κ1) is 50.8. The fourth-order valence-electron chi connectivity index (χ4n) is 5.30. The van der Waals surface area contributed by atoms with Crippen LogP contribution in [0.4, 0.5) is 0 Å². The van der Waals surface area contributed by atoms with Gasteiger partial charge in [0.25, 0.3) is 0 Å². The molecule has 3 unspecified atom stereocenters. The molecule has 272 valence electrons. The maximum atomic E-state index is 2.37. The van der Waals surface area contributed by atoms with E-state index in [2.05, 4.69) is 118 Å². The summed E-state index contributed by atoms with van der Waals surface area (Å²) >= 11 is 0. The van der Waals surface area contributed by atoms with Gasteiger partial charge < -0.3 is 0 Å². The van der Waals surface area contributed by atoms with E-state index in [0.717, 1.165) is 41.4 Å². The van der Waals surface area contributed by atoms with Crippen LogP contribution in [-0.4, -0.2) is 0 Å². The van der Waals surface area contributed by atoms with Crippen molar-refractivity contribution in [3.8, 4) is 0 Å². The summed E-state index contributed by atoms with van der Waals surface area (Å²) in [6.07, 6.45) is 26.7. The summed E-state index contributed by atoms with van der Waals surface area (Å²) in [4.78, 5) is 0. The molecule has 0 heteroatoms. The Bertz CT molecular complexity index is 457. The molecule has 0 aromatic carbocycles. The highest BCUT2D eigenvalue weighted by molar-refractivity contribution is 4.66. The Labute approximate surface area is 285 Å². The van der Waals surface area contributed by atoms with Crippen LogP contribution in [0, 0.1) is 46.8 Å². The first-order valence-electron chi connectivity index (χ1n) is 20.6. The molecule has 44 heavy (non-hydrogen) atoms. The van der Waals surface area contributed by atoms with Gasteiger partial charge in [0, 0.05) is 0 Å². The minimum absolute atomic E-state index is 0.583. The quantitative estimate of drug-likeness (QED) is 0.214. The summed E-state index contributed by atoms with van der Waals surface area (Å²) in [6, 6.07) is 0. The second-order valence-electron chi connectivity index (χ2n) is 16.8. The van der Waals surface area contributed by atoms with Gasteiger partial charge in [-0.2, -0.15) is 0 Å². The molecule has 2 rings (SSSR count). The van der Waals surface area contributed by atoms with E-state index in [0.29, 0.717) is 5.41 Å². The molecule has 0 aromatic heterocycles. The van der Waals surface area contributed by atoms with E-state index in [1.807, 2.05) is 0 Å². The third kappa shape index (κ3) is 44.1. The van der Waals surface area contributed by atoms with E-state index < -0.39 is 0 Å². The molecule has 2 saturated carbocycles. The van der Waals surface area contributed by atoms with Crippen molar-refractivity contribution in [2.45, 2.75) is 240 Å². The fraction of sp³-hybridized carbons (Fsp3) is 1.00. The van der Waals surface area contributed by atoms with E-state index in [1.54, 1.807) is 0 Å². The molecule has 0 saturated heterocycles. The summed E-state index contributed by atoms with van der Waals surface area (Å²) in [5.41, 5.74) is 0.583. The molecule has 0 heterocycles. The van der Waals surface area contributed by atoms with Crippen molar-refractivity contribution in [1.29, 1.82) is 0 Å². The lowest BCUT2D eigenvalue weighted by atomic mass is 9.84. The zero-order chi connectivity index (χ0) is 35.0. The van der Waals surface area contributed by atoms with Crippen molar-refractivity contribution in [1.82, 2.24) is 0 Å². The van der Waals surface area contributed by atoms with Gasteiger partial charge in [0.1, 0.15) is 0 Å². The first-order chi connectivity index (χ1) is 20.6. The monoisotopic (exact) mass is 625 g/mol. The molecule has 3 atom stereocenters. The molecule has 0 aromatic rings. The number of hydrogen-bond acceptors (Lipinski definition) is 0. The minimum Gasteiger partial charge on any atom is -0.0654 e. The van der Waals surface area contributed by atoms with Crippen LogP contribution in [0.5, 0.6) is 0 Å². The van der Waals surface area contributed by atoms with Gasteiger partial charge in [-0.3, -0.25) is 0 Å². The first-order valence-corrected chi connectivity index (χ1v) is 20.6. The van der Waals surface area contributed by atoms with E-state index in [1.165, 1.54) is 122 Å². The predicted molar refractivity (Wildman–Crippen MR) is 211 cm³/mol. The van der Waals surface area contributed by atoms with Gasteiger partial charge in [0.15, 0.2) is 0 Å². The Kier molecular flexibility index (Phi) is 41.4. The highest BCUT2D eigenvalue weighted by Gasteiger charge is 2.14. The SMILES string of the molecule is CC1CCC(C)CC1.CC1CCCC(C)C1.CCC(C)(C)CC.CCC(C)C.CCCC(C)CCC.CCCCC(C)CC. The largest absolute Gasteiger partial charge is 0.0654 e. The third-order valence-corrected chi connectivity index (χ3v) is 10.5. The summed E-state index contributed by atoms with van der Waals surface area (Å²) in [5, 5.41) is 0. The fourth-order valence-corrected chi connectivity index (χ4v) is 5.30. The van der Waals surface area contributed by atoms with Crippen LogP contribution in [0.3, 0.4) is 0 Å². The average molecular weight is 625 g/mol. The average Bonchev–Trinajstić information content (AvgIpc) is 2.99. The van der Waals surface area contributed by atoms with Crippen LogP contribution in [0.1, 0.15) is 240 Å². The van der Waals surface area contributed by atoms with E-state index in [-0.39, 0.29) is 0 Å². The lowest BCUT2D eigenvalue weighted by molar-refractivity contribution is 0.301. The Hall–Kier alpha value is 0. The molecule has 0 nitrogen and oxygen atoms in total. The Morgan fingerprint density at radius 3 is 1.09 bits per heavy atom. The summed E-state index contributed by atoms with van der Waals surface area (Å²) < 4.78 is 0. The van der Waals surface area contributed by atoms with E-state index >= 15 is 0 Å². The van der Waals surface area contributed by atoms with Crippen molar-refractivity contribution in [2.75, 3.05) is 0 Å². The zero-order valence-electron chi connectivity index (χ0n) is 35.0. The standard InChI is InChI=1S/2C8H16.2C8H18.C7H16.C5H12/c1-7-3-5-8(2)6-4-7;1-7-4-3-5-8(2)6-7;1-4-6-7-8(3)5-2;1-4-6-8(3)7-5-2;1-5-7(3,4)6-2;1-4-5(2)3/h2*7-8H,3-6H2,1-2H3;2*8H,4-7H2,1-3H3;5-6H2,1-4H3;5H,4H2,1-3H3. The van der Waals surface area contributed by atoms with E-state index in [9.17, 15) is 0 Å². The maximum Gasteiger partial charge on any atom is -0.0359 e. The molecule has 0 radical (unpaired) electrons. The highest BCUT2D eigenvalue weighted by atomic mass is 14.2. The second kappa shape index (κ2) is 35.8. The Balaban J connectivity index is -0.000000220. The van der Waals surface area contributed by atoms with Crippen molar-refractivity contribution in [3.05, 3.63) is 0 Å². The van der Waals surface area contributed by atoms with Crippen LogP contribution in [0.15, 0.2) is 0 Å². The highest BCUT2D eigenvalue weighted by Crippen LogP contribution is 2.28. The third-order valence-electron chi connectivity index (χ3n) is 10.5.